The number of alkyl halides is 2. The van der Waals surface area contributed by atoms with Crippen molar-refractivity contribution < 1.29 is 13.5 Å². The van der Waals surface area contributed by atoms with Crippen LogP contribution in [0, 0.1) is 0 Å². The Labute approximate surface area is 116 Å². The summed E-state index contributed by atoms with van der Waals surface area (Å²) in [5.41, 5.74) is 7.10. The minimum Gasteiger partial charge on any atom is -0.476 e. The summed E-state index contributed by atoms with van der Waals surface area (Å²) in [6.07, 6.45) is -2.62. The van der Waals surface area contributed by atoms with Gasteiger partial charge in [-0.05, 0) is 16.9 Å². The van der Waals surface area contributed by atoms with Crippen molar-refractivity contribution in [1.29, 1.82) is 0 Å². The Morgan fingerprint density at radius 3 is 2.67 bits per heavy atom. The molecule has 0 amide bonds. The van der Waals surface area contributed by atoms with Crippen LogP contribution in [-0.2, 0) is 0 Å². The molecule has 8 heteroatoms. The van der Waals surface area contributed by atoms with Crippen LogP contribution in [0.15, 0.2) is 34.3 Å². The van der Waals surface area contributed by atoms with Crippen molar-refractivity contribution in [2.75, 3.05) is 6.54 Å². The maximum Gasteiger partial charge on any atom is 0.257 e. The van der Waals surface area contributed by atoms with E-state index >= 15 is 0 Å². The highest BCUT2D eigenvalue weighted by Gasteiger charge is 2.04. The number of aliphatic imine (C=N–C) groups is 2. The SMILES string of the molecule is [NH-]/C(Br)=N\C(=NCC(F)F)Oc1ccccc1Cl. The predicted molar refractivity (Wildman–Crippen MR) is 71.1 cm³/mol. The number of rotatable bonds is 3. The van der Waals surface area contributed by atoms with Gasteiger partial charge < -0.3 is 15.5 Å². The van der Waals surface area contributed by atoms with Crippen LogP contribution in [0.1, 0.15) is 0 Å². The second kappa shape index (κ2) is 7.27. The van der Waals surface area contributed by atoms with E-state index in [1.807, 2.05) is 0 Å². The quantitative estimate of drug-likeness (QED) is 0.464. The van der Waals surface area contributed by atoms with E-state index in [1.165, 1.54) is 6.07 Å². The Balaban J connectivity index is 2.89. The van der Waals surface area contributed by atoms with Crippen molar-refractivity contribution in [3.05, 3.63) is 35.0 Å². The fourth-order valence-corrected chi connectivity index (χ4v) is 1.27. The maximum atomic E-state index is 12.1. The molecule has 0 heterocycles. The third-order valence-corrected chi connectivity index (χ3v) is 2.09. The number of hydrogen-bond donors (Lipinski definition) is 0. The maximum absolute atomic E-state index is 12.1. The van der Waals surface area contributed by atoms with Crippen LogP contribution < -0.4 is 4.74 Å². The third-order valence-electron chi connectivity index (χ3n) is 1.60. The van der Waals surface area contributed by atoms with Gasteiger partial charge in [0.2, 0.25) is 6.02 Å². The van der Waals surface area contributed by atoms with Crippen LogP contribution in [0.3, 0.4) is 0 Å². The van der Waals surface area contributed by atoms with Gasteiger partial charge in [0.15, 0.2) is 0 Å². The van der Waals surface area contributed by atoms with Crippen LogP contribution in [-0.4, -0.2) is 23.7 Å². The molecule has 1 N–H and O–H groups in total. The number of benzene rings is 1. The largest absolute Gasteiger partial charge is 0.476 e. The summed E-state index contributed by atoms with van der Waals surface area (Å²) >= 11 is 8.58. The molecular weight excluding hydrogens is 331 g/mol. The van der Waals surface area contributed by atoms with Crippen molar-refractivity contribution in [3.63, 3.8) is 0 Å². The molecule has 1 rings (SSSR count). The first-order valence-electron chi connectivity index (χ1n) is 4.70. The lowest BCUT2D eigenvalue weighted by atomic mass is 10.3. The van der Waals surface area contributed by atoms with Gasteiger partial charge in [-0.2, -0.15) is 0 Å². The van der Waals surface area contributed by atoms with Crippen LogP contribution in [0.2, 0.25) is 5.02 Å². The van der Waals surface area contributed by atoms with Gasteiger partial charge in [0.25, 0.3) is 6.43 Å². The molecule has 1 aromatic carbocycles. The topological polar surface area (TPSA) is 57.8 Å². The highest BCUT2D eigenvalue weighted by molar-refractivity contribution is 9.18. The number of ether oxygens (including phenoxy) is 1. The molecule has 0 aromatic heterocycles. The lowest BCUT2D eigenvalue weighted by Gasteiger charge is -2.11. The van der Waals surface area contributed by atoms with Gasteiger partial charge in [0, 0.05) is 0 Å². The van der Waals surface area contributed by atoms with Crippen LogP contribution >= 0.6 is 27.5 Å². The molecule has 0 fully saturated rings. The van der Waals surface area contributed by atoms with Crippen molar-refractivity contribution in [1.82, 2.24) is 0 Å². The number of amidine groups is 2. The number of halogens is 4. The number of hydrogen-bond acceptors (Lipinski definition) is 2. The van der Waals surface area contributed by atoms with Crippen LogP contribution in [0.25, 0.3) is 5.73 Å². The molecule has 0 aliphatic carbocycles. The van der Waals surface area contributed by atoms with Crippen LogP contribution in [0.5, 0.6) is 5.75 Å². The number of nitrogens with zero attached hydrogens (tertiary/aromatic N) is 2. The van der Waals surface area contributed by atoms with Gasteiger partial charge in [-0.1, -0.05) is 39.7 Å². The standard InChI is InChI=1S/C10H8BrClF2N3O/c11-9(15)17-10(16-5-8(13)14)18-7-4-2-1-3-6(7)12/h1-4,8H,5H2,(H-,15,16,17)/q-1. The first kappa shape index (κ1) is 14.8. The molecular formula is C10H8BrClF2N3O-. The zero-order valence-corrected chi connectivity index (χ0v) is 11.3. The summed E-state index contributed by atoms with van der Waals surface area (Å²) in [7, 11) is 0. The number of para-hydroxylation sites is 1. The summed E-state index contributed by atoms with van der Waals surface area (Å²) in [5, 5.41) is 0.290. The van der Waals surface area contributed by atoms with Crippen molar-refractivity contribution in [2.45, 2.75) is 6.43 Å². The van der Waals surface area contributed by atoms with Gasteiger partial charge in [-0.3, -0.25) is 0 Å². The monoisotopic (exact) mass is 338 g/mol. The highest BCUT2D eigenvalue weighted by atomic mass is 79.9. The van der Waals surface area contributed by atoms with Crippen LogP contribution in [0.4, 0.5) is 8.78 Å². The first-order valence-corrected chi connectivity index (χ1v) is 5.87. The average Bonchev–Trinajstić information content (AvgIpc) is 2.28. The Hall–Kier alpha value is -1.21. The van der Waals surface area contributed by atoms with Crippen molar-refractivity contribution >= 4 is 38.3 Å². The molecule has 18 heavy (non-hydrogen) atoms. The molecule has 0 aliphatic rings. The lowest BCUT2D eigenvalue weighted by molar-refractivity contribution is 0.158. The Bertz CT molecular complexity index is 464. The van der Waals surface area contributed by atoms with Gasteiger partial charge in [0.1, 0.15) is 12.3 Å². The Morgan fingerprint density at radius 2 is 2.11 bits per heavy atom. The molecule has 0 saturated carbocycles. The molecule has 0 aliphatic heterocycles. The summed E-state index contributed by atoms with van der Waals surface area (Å²) in [6.45, 7) is -0.760. The van der Waals surface area contributed by atoms with E-state index in [1.54, 1.807) is 18.2 Å². The summed E-state index contributed by atoms with van der Waals surface area (Å²) in [5.74, 6) is 0.227. The molecule has 0 unspecified atom stereocenters. The van der Waals surface area contributed by atoms with E-state index in [2.05, 4.69) is 25.9 Å². The fraction of sp³-hybridized carbons (Fsp3) is 0.200. The highest BCUT2D eigenvalue weighted by Crippen LogP contribution is 2.23. The summed E-state index contributed by atoms with van der Waals surface area (Å²) in [6, 6.07) is 6.10. The lowest BCUT2D eigenvalue weighted by Crippen LogP contribution is -2.10. The van der Waals surface area contributed by atoms with E-state index in [0.717, 1.165) is 0 Å². The van der Waals surface area contributed by atoms with Crippen molar-refractivity contribution in [3.8, 4) is 5.75 Å². The normalized spacial score (nSPS) is 12.9. The number of nitrogens with one attached hydrogen (secondary N) is 1. The van der Waals surface area contributed by atoms with Gasteiger partial charge >= 0.3 is 0 Å². The van der Waals surface area contributed by atoms with Gasteiger partial charge in [-0.15, -0.1) is 0 Å². The predicted octanol–water partition coefficient (Wildman–Crippen LogP) is 4.14. The molecule has 0 saturated heterocycles. The minimum absolute atomic E-state index is 0.227. The minimum atomic E-state index is -2.62. The molecule has 0 bridgehead atoms. The zero-order valence-electron chi connectivity index (χ0n) is 8.91. The molecule has 0 radical (unpaired) electrons. The fourth-order valence-electron chi connectivity index (χ4n) is 0.947. The Morgan fingerprint density at radius 1 is 1.44 bits per heavy atom. The third kappa shape index (κ3) is 5.42. The molecule has 1 aromatic rings. The Kier molecular flexibility index (Phi) is 6.00. The van der Waals surface area contributed by atoms with E-state index in [-0.39, 0.29) is 16.5 Å². The van der Waals surface area contributed by atoms with Crippen molar-refractivity contribution in [2.24, 2.45) is 9.98 Å². The van der Waals surface area contributed by atoms with E-state index in [4.69, 9.17) is 22.1 Å². The van der Waals surface area contributed by atoms with Gasteiger partial charge in [-0.25, -0.2) is 13.8 Å². The summed E-state index contributed by atoms with van der Waals surface area (Å²) in [4.78, 5) is 6.97. The first-order chi connectivity index (χ1) is 8.49. The molecule has 0 atom stereocenters. The van der Waals surface area contributed by atoms with E-state index in [9.17, 15) is 8.78 Å². The average molecular weight is 340 g/mol. The van der Waals surface area contributed by atoms with E-state index in [0.29, 0.717) is 5.02 Å². The second-order valence-electron chi connectivity index (χ2n) is 2.95. The van der Waals surface area contributed by atoms with Gasteiger partial charge in [0.05, 0.1) is 5.02 Å². The molecule has 4 nitrogen and oxygen atoms in total. The molecule has 98 valence electrons. The zero-order chi connectivity index (χ0) is 13.5. The summed E-state index contributed by atoms with van der Waals surface area (Å²) < 4.78 is 29.0. The smallest absolute Gasteiger partial charge is 0.257 e. The molecule has 0 spiro atoms. The van der Waals surface area contributed by atoms with E-state index < -0.39 is 13.0 Å². The second-order valence-corrected chi connectivity index (χ2v) is 4.11.